The van der Waals surface area contributed by atoms with Gasteiger partial charge in [-0.05, 0) is 24.1 Å². The number of nitrogens with zero attached hydrogens (tertiary/aromatic N) is 2. The topological polar surface area (TPSA) is 46.9 Å². The van der Waals surface area contributed by atoms with Crippen LogP contribution in [0.4, 0.5) is 5.69 Å². The van der Waals surface area contributed by atoms with Crippen molar-refractivity contribution < 1.29 is 0 Å². The largest absolute Gasteiger partial charge is 0.384 e. The van der Waals surface area contributed by atoms with Gasteiger partial charge in [0.25, 0.3) is 5.56 Å². The van der Waals surface area contributed by atoms with Gasteiger partial charge in [-0.1, -0.05) is 30.7 Å². The highest BCUT2D eigenvalue weighted by Crippen LogP contribution is 2.10. The van der Waals surface area contributed by atoms with E-state index in [0.717, 1.165) is 24.2 Å². The van der Waals surface area contributed by atoms with Crippen LogP contribution in [0.1, 0.15) is 18.9 Å². The third-order valence-electron chi connectivity index (χ3n) is 2.69. The summed E-state index contributed by atoms with van der Waals surface area (Å²) >= 11 is 5.82. The van der Waals surface area contributed by atoms with Gasteiger partial charge in [-0.25, -0.2) is 4.68 Å². The van der Waals surface area contributed by atoms with E-state index in [9.17, 15) is 4.79 Å². The molecule has 0 amide bonds. The van der Waals surface area contributed by atoms with Crippen molar-refractivity contribution in [3.8, 4) is 0 Å². The van der Waals surface area contributed by atoms with Gasteiger partial charge in [0.15, 0.2) is 0 Å². The van der Waals surface area contributed by atoms with Crippen molar-refractivity contribution in [1.82, 2.24) is 9.78 Å². The second-order valence-corrected chi connectivity index (χ2v) is 4.73. The second-order valence-electron chi connectivity index (χ2n) is 4.29. The number of aromatic nitrogens is 2. The Morgan fingerprint density at radius 3 is 2.68 bits per heavy atom. The van der Waals surface area contributed by atoms with E-state index in [4.69, 9.17) is 11.6 Å². The first-order valence-electron chi connectivity index (χ1n) is 6.24. The highest BCUT2D eigenvalue weighted by atomic mass is 35.5. The summed E-state index contributed by atoms with van der Waals surface area (Å²) < 4.78 is 1.43. The van der Waals surface area contributed by atoms with E-state index in [1.54, 1.807) is 24.4 Å². The lowest BCUT2D eigenvalue weighted by Gasteiger charge is -2.07. The van der Waals surface area contributed by atoms with Crippen LogP contribution in [0.5, 0.6) is 0 Å². The summed E-state index contributed by atoms with van der Waals surface area (Å²) in [5.41, 5.74) is 1.64. The molecule has 0 saturated carbocycles. The van der Waals surface area contributed by atoms with Gasteiger partial charge >= 0.3 is 0 Å². The molecule has 0 saturated heterocycles. The zero-order valence-electron chi connectivity index (χ0n) is 10.8. The number of halogens is 1. The van der Waals surface area contributed by atoms with Crippen molar-refractivity contribution in [3.05, 3.63) is 57.5 Å². The normalized spacial score (nSPS) is 10.4. The van der Waals surface area contributed by atoms with Gasteiger partial charge in [0.2, 0.25) is 0 Å². The van der Waals surface area contributed by atoms with Crippen LogP contribution in [0.15, 0.2) is 41.3 Å². The molecule has 0 aliphatic heterocycles. The van der Waals surface area contributed by atoms with Crippen LogP contribution in [0.25, 0.3) is 0 Å². The highest BCUT2D eigenvalue weighted by molar-refractivity contribution is 6.30. The fourth-order valence-electron chi connectivity index (χ4n) is 1.68. The zero-order valence-corrected chi connectivity index (χ0v) is 11.5. The van der Waals surface area contributed by atoms with Gasteiger partial charge in [-0.3, -0.25) is 4.79 Å². The van der Waals surface area contributed by atoms with E-state index in [0.29, 0.717) is 11.6 Å². The molecule has 2 rings (SSSR count). The zero-order chi connectivity index (χ0) is 13.7. The van der Waals surface area contributed by atoms with Crippen molar-refractivity contribution >= 4 is 17.3 Å². The molecular weight excluding hydrogens is 262 g/mol. The minimum absolute atomic E-state index is 0.115. The molecule has 0 aliphatic rings. The molecule has 4 nitrogen and oxygen atoms in total. The van der Waals surface area contributed by atoms with Crippen molar-refractivity contribution in [1.29, 1.82) is 0 Å². The Balaban J connectivity index is 2.13. The number of benzene rings is 1. The molecule has 1 aromatic heterocycles. The highest BCUT2D eigenvalue weighted by Gasteiger charge is 2.01. The van der Waals surface area contributed by atoms with E-state index >= 15 is 0 Å². The van der Waals surface area contributed by atoms with Crippen molar-refractivity contribution in [2.75, 3.05) is 11.9 Å². The molecule has 0 fully saturated rings. The fraction of sp³-hybridized carbons (Fsp3) is 0.286. The van der Waals surface area contributed by atoms with E-state index in [2.05, 4.69) is 17.3 Å². The smallest absolute Gasteiger partial charge is 0.269 e. The molecule has 0 radical (unpaired) electrons. The molecule has 0 atom stereocenters. The van der Waals surface area contributed by atoms with Crippen LogP contribution >= 0.6 is 11.6 Å². The maximum absolute atomic E-state index is 11.9. The van der Waals surface area contributed by atoms with Crippen LogP contribution in [-0.2, 0) is 6.54 Å². The first-order chi connectivity index (χ1) is 9.19. The summed E-state index contributed by atoms with van der Waals surface area (Å²) in [7, 11) is 0. The van der Waals surface area contributed by atoms with Gasteiger partial charge in [0.1, 0.15) is 0 Å². The predicted octanol–water partition coefficient (Wildman–Crippen LogP) is 2.77. The van der Waals surface area contributed by atoms with Gasteiger partial charge in [0, 0.05) is 17.6 Å². The average molecular weight is 278 g/mol. The molecule has 0 spiro atoms. The molecule has 19 heavy (non-hydrogen) atoms. The lowest BCUT2D eigenvalue weighted by Crippen LogP contribution is -2.23. The van der Waals surface area contributed by atoms with E-state index < -0.39 is 0 Å². The van der Waals surface area contributed by atoms with Gasteiger partial charge < -0.3 is 5.32 Å². The van der Waals surface area contributed by atoms with E-state index in [1.807, 2.05) is 12.1 Å². The summed E-state index contributed by atoms with van der Waals surface area (Å²) in [6, 6.07) is 8.95. The van der Waals surface area contributed by atoms with Gasteiger partial charge in [-0.15, -0.1) is 0 Å². The van der Waals surface area contributed by atoms with E-state index in [1.165, 1.54) is 4.68 Å². The van der Waals surface area contributed by atoms with Gasteiger partial charge in [-0.2, -0.15) is 5.10 Å². The SMILES string of the molecule is CCCNc1cnn(Cc2ccc(Cl)cc2)c(=O)c1. The molecule has 0 bridgehead atoms. The summed E-state index contributed by atoms with van der Waals surface area (Å²) in [6.45, 7) is 3.36. The summed E-state index contributed by atoms with van der Waals surface area (Å²) in [4.78, 5) is 11.9. The number of hydrogen-bond donors (Lipinski definition) is 1. The quantitative estimate of drug-likeness (QED) is 0.914. The molecule has 5 heteroatoms. The Bertz CT molecular complexity index is 592. The standard InChI is InChI=1S/C14H16ClN3O/c1-2-7-16-13-8-14(19)18(17-9-13)10-11-3-5-12(15)6-4-11/h3-6,8-9,16H,2,7,10H2,1H3. The number of hydrogen-bond acceptors (Lipinski definition) is 3. The monoisotopic (exact) mass is 277 g/mol. The van der Waals surface area contributed by atoms with Gasteiger partial charge in [0.05, 0.1) is 18.4 Å². The number of anilines is 1. The molecule has 100 valence electrons. The molecule has 1 N–H and O–H groups in total. The second kappa shape index (κ2) is 6.38. The minimum Gasteiger partial charge on any atom is -0.384 e. The van der Waals surface area contributed by atoms with Crippen molar-refractivity contribution in [2.24, 2.45) is 0 Å². The van der Waals surface area contributed by atoms with Crippen LogP contribution in [0.3, 0.4) is 0 Å². The average Bonchev–Trinajstić information content (AvgIpc) is 2.41. The Morgan fingerprint density at radius 2 is 2.05 bits per heavy atom. The maximum atomic E-state index is 11.9. The minimum atomic E-state index is -0.115. The summed E-state index contributed by atoms with van der Waals surface area (Å²) in [5.74, 6) is 0. The first-order valence-corrected chi connectivity index (χ1v) is 6.62. The van der Waals surface area contributed by atoms with Crippen molar-refractivity contribution in [2.45, 2.75) is 19.9 Å². The van der Waals surface area contributed by atoms with Crippen LogP contribution in [-0.4, -0.2) is 16.3 Å². The fourth-order valence-corrected chi connectivity index (χ4v) is 1.81. The van der Waals surface area contributed by atoms with Crippen LogP contribution in [0.2, 0.25) is 5.02 Å². The molecule has 0 aliphatic carbocycles. The lowest BCUT2D eigenvalue weighted by atomic mass is 10.2. The Hall–Kier alpha value is -1.81. The molecule has 2 aromatic rings. The third-order valence-corrected chi connectivity index (χ3v) is 2.95. The number of rotatable bonds is 5. The first kappa shape index (κ1) is 13.6. The number of nitrogens with one attached hydrogen (secondary N) is 1. The van der Waals surface area contributed by atoms with Crippen LogP contribution in [0, 0.1) is 0 Å². The van der Waals surface area contributed by atoms with Crippen molar-refractivity contribution in [3.63, 3.8) is 0 Å². The van der Waals surface area contributed by atoms with E-state index in [-0.39, 0.29) is 5.56 Å². The molecule has 1 aromatic carbocycles. The predicted molar refractivity (Wildman–Crippen MR) is 77.8 cm³/mol. The Morgan fingerprint density at radius 1 is 1.32 bits per heavy atom. The molecular formula is C14H16ClN3O. The summed E-state index contributed by atoms with van der Waals surface area (Å²) in [5, 5.41) is 7.98. The molecule has 1 heterocycles. The summed E-state index contributed by atoms with van der Waals surface area (Å²) in [6.07, 6.45) is 2.68. The molecule has 0 unspecified atom stereocenters. The Kier molecular flexibility index (Phi) is 4.58. The maximum Gasteiger partial charge on any atom is 0.269 e. The lowest BCUT2D eigenvalue weighted by molar-refractivity contribution is 0.639. The third kappa shape index (κ3) is 3.83. The van der Waals surface area contributed by atoms with Crippen LogP contribution < -0.4 is 10.9 Å². The Labute approximate surface area is 117 Å².